The topological polar surface area (TPSA) is 48.4 Å². The van der Waals surface area contributed by atoms with E-state index < -0.39 is 0 Å². The fourth-order valence-corrected chi connectivity index (χ4v) is 1.95. The van der Waals surface area contributed by atoms with Crippen LogP contribution in [0.2, 0.25) is 0 Å². The Kier molecular flexibility index (Phi) is 4.35. The van der Waals surface area contributed by atoms with E-state index >= 15 is 0 Å². The summed E-state index contributed by atoms with van der Waals surface area (Å²) in [5.74, 6) is 0.978. The molecule has 1 aromatic carbocycles. The lowest BCUT2D eigenvalue weighted by molar-refractivity contribution is 0.101. The van der Waals surface area contributed by atoms with Crippen molar-refractivity contribution >= 4 is 5.78 Å². The molecule has 20 heavy (non-hydrogen) atoms. The third kappa shape index (κ3) is 2.96. The average Bonchev–Trinajstić information content (AvgIpc) is 2.48. The van der Waals surface area contributed by atoms with E-state index in [0.29, 0.717) is 17.1 Å². The number of rotatable bonds is 5. The highest BCUT2D eigenvalue weighted by atomic mass is 16.5. The number of pyridine rings is 1. The lowest BCUT2D eigenvalue weighted by atomic mass is 10.1. The summed E-state index contributed by atoms with van der Waals surface area (Å²) < 4.78 is 11.2. The molecule has 4 nitrogen and oxygen atoms in total. The number of para-hydroxylation sites is 1. The van der Waals surface area contributed by atoms with Gasteiger partial charge in [-0.1, -0.05) is 6.07 Å². The van der Waals surface area contributed by atoms with Crippen LogP contribution in [-0.2, 0) is 0 Å². The van der Waals surface area contributed by atoms with Crippen LogP contribution in [0.3, 0.4) is 0 Å². The number of carbonyl (C=O) groups excluding carboxylic acids is 1. The minimum absolute atomic E-state index is 0.0548. The Morgan fingerprint density at radius 2 is 1.90 bits per heavy atom. The van der Waals surface area contributed by atoms with Crippen LogP contribution >= 0.6 is 0 Å². The molecule has 2 aromatic rings. The molecule has 0 N–H and O–H groups in total. The molecule has 0 aliphatic heterocycles. The van der Waals surface area contributed by atoms with Gasteiger partial charge in [0.2, 0.25) is 0 Å². The third-order valence-electron chi connectivity index (χ3n) is 3.05. The first-order valence-corrected chi connectivity index (χ1v) is 6.38. The number of ketones is 1. The zero-order valence-corrected chi connectivity index (χ0v) is 11.8. The van der Waals surface area contributed by atoms with E-state index in [4.69, 9.17) is 9.47 Å². The van der Waals surface area contributed by atoms with Crippen molar-refractivity contribution < 1.29 is 14.3 Å². The Balaban J connectivity index is 2.35. The van der Waals surface area contributed by atoms with Gasteiger partial charge in [-0.05, 0) is 43.7 Å². The van der Waals surface area contributed by atoms with Gasteiger partial charge in [-0.2, -0.15) is 0 Å². The van der Waals surface area contributed by atoms with Gasteiger partial charge in [0.1, 0.15) is 6.10 Å². The predicted molar refractivity (Wildman–Crippen MR) is 76.3 cm³/mol. The number of carbonyl (C=O) groups is 1. The summed E-state index contributed by atoms with van der Waals surface area (Å²) in [6.07, 6.45) is 3.22. The molecule has 0 spiro atoms. The van der Waals surface area contributed by atoms with Crippen molar-refractivity contribution in [2.24, 2.45) is 0 Å². The molecular weight excluding hydrogens is 254 g/mol. The normalized spacial score (nSPS) is 11.8. The maximum Gasteiger partial charge on any atom is 0.172 e. The number of hydrogen-bond acceptors (Lipinski definition) is 4. The number of methoxy groups -OCH3 is 1. The Labute approximate surface area is 118 Å². The van der Waals surface area contributed by atoms with E-state index in [1.165, 1.54) is 6.92 Å². The summed E-state index contributed by atoms with van der Waals surface area (Å²) in [5.41, 5.74) is 1.51. The van der Waals surface area contributed by atoms with Crippen LogP contribution in [0, 0.1) is 0 Å². The molecular formula is C16H17NO3. The number of nitrogens with zero attached hydrogens (tertiary/aromatic N) is 1. The Morgan fingerprint density at radius 3 is 2.50 bits per heavy atom. The lowest BCUT2D eigenvalue weighted by Crippen LogP contribution is -2.08. The number of aromatic nitrogens is 1. The van der Waals surface area contributed by atoms with Crippen LogP contribution in [0.25, 0.3) is 0 Å². The SMILES string of the molecule is COc1cccc(C(C)=O)c1OC(C)c1ccncc1. The molecule has 0 amide bonds. The molecule has 0 fully saturated rings. The van der Waals surface area contributed by atoms with Crippen LogP contribution in [0.5, 0.6) is 11.5 Å². The summed E-state index contributed by atoms with van der Waals surface area (Å²) in [7, 11) is 1.56. The second kappa shape index (κ2) is 6.19. The monoisotopic (exact) mass is 271 g/mol. The number of benzene rings is 1. The molecule has 0 bridgehead atoms. The van der Waals surface area contributed by atoms with E-state index in [-0.39, 0.29) is 11.9 Å². The minimum atomic E-state index is -0.201. The van der Waals surface area contributed by atoms with Gasteiger partial charge < -0.3 is 9.47 Å². The van der Waals surface area contributed by atoms with Crippen LogP contribution < -0.4 is 9.47 Å². The van der Waals surface area contributed by atoms with Gasteiger partial charge in [0, 0.05) is 12.4 Å². The predicted octanol–water partition coefficient (Wildman–Crippen LogP) is 3.43. The molecule has 1 unspecified atom stereocenters. The van der Waals surface area contributed by atoms with Gasteiger partial charge in [0.15, 0.2) is 17.3 Å². The van der Waals surface area contributed by atoms with Gasteiger partial charge in [0.25, 0.3) is 0 Å². The summed E-state index contributed by atoms with van der Waals surface area (Å²) in [6.45, 7) is 3.43. The molecule has 0 aliphatic rings. The summed E-state index contributed by atoms with van der Waals surface area (Å²) in [4.78, 5) is 15.7. The molecule has 0 saturated carbocycles. The van der Waals surface area contributed by atoms with E-state index in [0.717, 1.165) is 5.56 Å². The van der Waals surface area contributed by atoms with Gasteiger partial charge >= 0.3 is 0 Å². The molecule has 4 heteroatoms. The molecule has 2 rings (SSSR count). The largest absolute Gasteiger partial charge is 0.493 e. The van der Waals surface area contributed by atoms with Crippen molar-refractivity contribution in [2.45, 2.75) is 20.0 Å². The fraction of sp³-hybridized carbons (Fsp3) is 0.250. The van der Waals surface area contributed by atoms with Crippen molar-refractivity contribution in [2.75, 3.05) is 7.11 Å². The van der Waals surface area contributed by atoms with Crippen LogP contribution in [0.1, 0.15) is 35.9 Å². The quantitative estimate of drug-likeness (QED) is 0.782. The van der Waals surface area contributed by atoms with Crippen LogP contribution in [-0.4, -0.2) is 17.9 Å². The number of hydrogen-bond donors (Lipinski definition) is 0. The van der Waals surface area contributed by atoms with Crippen LogP contribution in [0.4, 0.5) is 0 Å². The highest BCUT2D eigenvalue weighted by molar-refractivity contribution is 5.97. The molecule has 1 atom stereocenters. The molecule has 1 heterocycles. The first-order chi connectivity index (χ1) is 9.63. The Hall–Kier alpha value is -2.36. The summed E-state index contributed by atoms with van der Waals surface area (Å²) in [6, 6.07) is 9.06. The van der Waals surface area contributed by atoms with Crippen LogP contribution in [0.15, 0.2) is 42.7 Å². The molecule has 0 saturated heterocycles. The van der Waals surface area contributed by atoms with Crippen molar-refractivity contribution in [3.8, 4) is 11.5 Å². The van der Waals surface area contributed by atoms with E-state index in [9.17, 15) is 4.79 Å². The Morgan fingerprint density at radius 1 is 1.20 bits per heavy atom. The van der Waals surface area contributed by atoms with Crippen molar-refractivity contribution in [3.05, 3.63) is 53.9 Å². The standard InChI is InChI=1S/C16H17NO3/c1-11(18)14-5-4-6-15(19-3)16(14)20-12(2)13-7-9-17-10-8-13/h4-10,12H,1-3H3. The zero-order chi connectivity index (χ0) is 14.5. The smallest absolute Gasteiger partial charge is 0.172 e. The maximum absolute atomic E-state index is 11.7. The lowest BCUT2D eigenvalue weighted by Gasteiger charge is -2.19. The van der Waals surface area contributed by atoms with E-state index in [1.807, 2.05) is 19.1 Å². The zero-order valence-electron chi connectivity index (χ0n) is 11.8. The molecule has 0 aliphatic carbocycles. The maximum atomic E-state index is 11.7. The highest BCUT2D eigenvalue weighted by Gasteiger charge is 2.17. The molecule has 104 valence electrons. The highest BCUT2D eigenvalue weighted by Crippen LogP contribution is 2.34. The van der Waals surface area contributed by atoms with Gasteiger partial charge in [-0.25, -0.2) is 0 Å². The fourth-order valence-electron chi connectivity index (χ4n) is 1.95. The van der Waals surface area contributed by atoms with Crippen molar-refractivity contribution in [1.29, 1.82) is 0 Å². The average molecular weight is 271 g/mol. The second-order valence-corrected chi connectivity index (χ2v) is 4.43. The van der Waals surface area contributed by atoms with Crippen molar-refractivity contribution in [1.82, 2.24) is 4.98 Å². The molecule has 1 aromatic heterocycles. The van der Waals surface area contributed by atoms with Gasteiger partial charge in [-0.15, -0.1) is 0 Å². The van der Waals surface area contributed by atoms with E-state index in [2.05, 4.69) is 4.98 Å². The number of Topliss-reactive ketones (excluding diaryl/α,β-unsaturated/α-hetero) is 1. The van der Waals surface area contributed by atoms with Crippen molar-refractivity contribution in [3.63, 3.8) is 0 Å². The van der Waals surface area contributed by atoms with Gasteiger partial charge in [-0.3, -0.25) is 9.78 Å². The number of ether oxygens (including phenoxy) is 2. The Bertz CT molecular complexity index is 596. The third-order valence-corrected chi connectivity index (χ3v) is 3.05. The summed E-state index contributed by atoms with van der Waals surface area (Å²) >= 11 is 0. The summed E-state index contributed by atoms with van der Waals surface area (Å²) in [5, 5.41) is 0. The minimum Gasteiger partial charge on any atom is -0.493 e. The van der Waals surface area contributed by atoms with E-state index in [1.54, 1.807) is 37.7 Å². The second-order valence-electron chi connectivity index (χ2n) is 4.43. The first-order valence-electron chi connectivity index (χ1n) is 6.38. The first kappa shape index (κ1) is 14.1. The molecule has 0 radical (unpaired) electrons. The van der Waals surface area contributed by atoms with Gasteiger partial charge in [0.05, 0.1) is 12.7 Å².